The molecule has 0 aliphatic rings. The molecular formula is C9H17N3O6. The van der Waals surface area contributed by atoms with Gasteiger partial charge in [-0.15, -0.1) is 0 Å². The van der Waals surface area contributed by atoms with Crippen molar-refractivity contribution >= 4 is 18.0 Å². The smallest absolute Gasteiger partial charge is 0.419 e. The zero-order valence-corrected chi connectivity index (χ0v) is 10.4. The lowest BCUT2D eigenvalue weighted by Gasteiger charge is -2.27. The van der Waals surface area contributed by atoms with Crippen molar-refractivity contribution in [3.05, 3.63) is 0 Å². The first-order chi connectivity index (χ1) is 8.14. The van der Waals surface area contributed by atoms with Crippen LogP contribution in [0.25, 0.3) is 0 Å². The van der Waals surface area contributed by atoms with Gasteiger partial charge in [0.2, 0.25) is 12.1 Å². The molecule has 0 aliphatic carbocycles. The summed E-state index contributed by atoms with van der Waals surface area (Å²) >= 11 is 0. The number of hydrogen-bond acceptors (Lipinski definition) is 8. The molecule has 0 rings (SSSR count). The molecule has 9 heteroatoms. The van der Waals surface area contributed by atoms with Gasteiger partial charge in [0.25, 0.3) is 0 Å². The van der Waals surface area contributed by atoms with Crippen molar-refractivity contribution in [1.29, 1.82) is 0 Å². The second-order valence-corrected chi connectivity index (χ2v) is 4.26. The minimum Gasteiger partial charge on any atom is -0.443 e. The molecular weight excluding hydrogens is 246 g/mol. The number of aliphatic hydroxyl groups is 1. The molecule has 9 nitrogen and oxygen atoms in total. The molecule has 0 aromatic heterocycles. The van der Waals surface area contributed by atoms with Gasteiger partial charge in [-0.05, 0) is 20.8 Å². The summed E-state index contributed by atoms with van der Waals surface area (Å²) < 4.78 is 4.84. The van der Waals surface area contributed by atoms with Crippen LogP contribution in [0.4, 0.5) is 4.79 Å². The van der Waals surface area contributed by atoms with Crippen LogP contribution in [-0.2, 0) is 19.2 Å². The Kier molecular flexibility index (Phi) is 5.69. The molecule has 0 aliphatic heterocycles. The second-order valence-electron chi connectivity index (χ2n) is 4.26. The summed E-state index contributed by atoms with van der Waals surface area (Å²) in [6.45, 7) is 4.03. The SMILES string of the molecule is CC(C)(C)OC(=O)N(C(=O)CN)C(O)C(=O)ON. The van der Waals surface area contributed by atoms with Crippen molar-refractivity contribution < 1.29 is 29.1 Å². The molecule has 0 spiro atoms. The molecule has 2 amide bonds. The first kappa shape index (κ1) is 16.3. The fourth-order valence-electron chi connectivity index (χ4n) is 0.914. The van der Waals surface area contributed by atoms with Gasteiger partial charge < -0.3 is 20.4 Å². The second kappa shape index (κ2) is 6.28. The minimum atomic E-state index is -2.21. The van der Waals surface area contributed by atoms with Gasteiger partial charge in [0.05, 0.1) is 6.54 Å². The highest BCUT2D eigenvalue weighted by atomic mass is 16.7. The topological polar surface area (TPSA) is 145 Å². The maximum atomic E-state index is 11.6. The van der Waals surface area contributed by atoms with Gasteiger partial charge in [0.15, 0.2) is 0 Å². The highest BCUT2D eigenvalue weighted by Gasteiger charge is 2.36. The third-order valence-corrected chi connectivity index (χ3v) is 1.61. The Bertz CT molecular complexity index is 338. The summed E-state index contributed by atoms with van der Waals surface area (Å²) in [4.78, 5) is 37.9. The predicted octanol–water partition coefficient (Wildman–Crippen LogP) is -1.56. The van der Waals surface area contributed by atoms with Crippen molar-refractivity contribution in [1.82, 2.24) is 4.90 Å². The highest BCUT2D eigenvalue weighted by Crippen LogP contribution is 2.12. The average Bonchev–Trinajstić information content (AvgIpc) is 2.25. The Labute approximate surface area is 104 Å². The van der Waals surface area contributed by atoms with E-state index in [9.17, 15) is 19.5 Å². The van der Waals surface area contributed by atoms with Crippen LogP contribution in [0, 0.1) is 0 Å². The van der Waals surface area contributed by atoms with Crippen LogP contribution in [0.5, 0.6) is 0 Å². The predicted molar refractivity (Wildman–Crippen MR) is 58.4 cm³/mol. The van der Waals surface area contributed by atoms with E-state index in [1.165, 1.54) is 0 Å². The molecule has 0 saturated carbocycles. The van der Waals surface area contributed by atoms with E-state index >= 15 is 0 Å². The number of imide groups is 1. The van der Waals surface area contributed by atoms with Crippen molar-refractivity contribution in [3.8, 4) is 0 Å². The zero-order valence-electron chi connectivity index (χ0n) is 10.4. The largest absolute Gasteiger partial charge is 0.443 e. The van der Waals surface area contributed by atoms with Crippen LogP contribution in [-0.4, -0.2) is 46.3 Å². The van der Waals surface area contributed by atoms with E-state index in [1.54, 1.807) is 20.8 Å². The van der Waals surface area contributed by atoms with E-state index in [0.717, 1.165) is 0 Å². The van der Waals surface area contributed by atoms with E-state index in [2.05, 4.69) is 10.7 Å². The molecule has 1 unspecified atom stereocenters. The maximum Gasteiger partial charge on any atom is 0.419 e. The normalized spacial score (nSPS) is 12.6. The number of nitrogens with zero attached hydrogens (tertiary/aromatic N) is 1. The standard InChI is InChI=1S/C9H17N3O6/c1-9(2,3)17-8(16)12(5(13)4-10)6(14)7(15)18-11/h6,14H,4,10-11H2,1-3H3. The van der Waals surface area contributed by atoms with Crippen LogP contribution >= 0.6 is 0 Å². The Morgan fingerprint density at radius 3 is 2.17 bits per heavy atom. The molecule has 0 aromatic carbocycles. The molecule has 0 radical (unpaired) electrons. The summed E-state index contributed by atoms with van der Waals surface area (Å²) in [5.41, 5.74) is 4.14. The molecule has 0 heterocycles. The summed E-state index contributed by atoms with van der Waals surface area (Å²) in [5.74, 6) is 2.15. The molecule has 0 aromatic rings. The number of hydrogen-bond donors (Lipinski definition) is 3. The first-order valence-corrected chi connectivity index (χ1v) is 4.97. The van der Waals surface area contributed by atoms with Crippen LogP contribution in [0.2, 0.25) is 0 Å². The van der Waals surface area contributed by atoms with Crippen molar-refractivity contribution in [2.24, 2.45) is 11.6 Å². The Balaban J connectivity index is 5.06. The first-order valence-electron chi connectivity index (χ1n) is 4.97. The van der Waals surface area contributed by atoms with E-state index in [4.69, 9.17) is 10.5 Å². The monoisotopic (exact) mass is 263 g/mol. The van der Waals surface area contributed by atoms with Gasteiger partial charge >= 0.3 is 12.1 Å². The molecule has 104 valence electrons. The molecule has 0 bridgehead atoms. The van der Waals surface area contributed by atoms with Crippen LogP contribution in [0.15, 0.2) is 0 Å². The third-order valence-electron chi connectivity index (χ3n) is 1.61. The van der Waals surface area contributed by atoms with Crippen LogP contribution in [0.1, 0.15) is 20.8 Å². The molecule has 18 heavy (non-hydrogen) atoms. The Hall–Kier alpha value is -1.71. The number of amides is 2. The minimum absolute atomic E-state index is 0.139. The Morgan fingerprint density at radius 1 is 1.33 bits per heavy atom. The summed E-state index contributed by atoms with van der Waals surface area (Å²) in [6.07, 6.45) is -3.43. The molecule has 5 N–H and O–H groups in total. The number of carbonyl (C=O) groups excluding carboxylic acids is 3. The fraction of sp³-hybridized carbons (Fsp3) is 0.667. The van der Waals surface area contributed by atoms with Gasteiger partial charge in [-0.3, -0.25) is 4.79 Å². The van der Waals surface area contributed by atoms with Crippen molar-refractivity contribution in [2.75, 3.05) is 6.54 Å². The van der Waals surface area contributed by atoms with Crippen LogP contribution < -0.4 is 11.6 Å². The number of ether oxygens (including phenoxy) is 1. The number of nitrogens with two attached hydrogens (primary N) is 2. The lowest BCUT2D eigenvalue weighted by atomic mass is 10.2. The van der Waals surface area contributed by atoms with Crippen molar-refractivity contribution in [3.63, 3.8) is 0 Å². The highest BCUT2D eigenvalue weighted by molar-refractivity contribution is 5.97. The van der Waals surface area contributed by atoms with Gasteiger partial charge in [0.1, 0.15) is 5.60 Å². The van der Waals surface area contributed by atoms with Gasteiger partial charge in [0, 0.05) is 0 Å². The summed E-state index contributed by atoms with van der Waals surface area (Å²) in [7, 11) is 0. The summed E-state index contributed by atoms with van der Waals surface area (Å²) in [6, 6.07) is 0. The van der Waals surface area contributed by atoms with E-state index in [1.807, 2.05) is 0 Å². The molecule has 0 fully saturated rings. The molecule has 1 atom stereocenters. The summed E-state index contributed by atoms with van der Waals surface area (Å²) in [5, 5.41) is 9.44. The fourth-order valence-corrected chi connectivity index (χ4v) is 0.914. The number of aliphatic hydroxyl groups excluding tert-OH is 1. The van der Waals surface area contributed by atoms with Gasteiger partial charge in [-0.1, -0.05) is 0 Å². The van der Waals surface area contributed by atoms with Crippen molar-refractivity contribution in [2.45, 2.75) is 32.6 Å². The quantitative estimate of drug-likeness (QED) is 0.409. The van der Waals surface area contributed by atoms with Gasteiger partial charge in [-0.2, -0.15) is 5.90 Å². The number of rotatable bonds is 3. The molecule has 0 saturated heterocycles. The Morgan fingerprint density at radius 2 is 1.83 bits per heavy atom. The number of carbonyl (C=O) groups is 3. The lowest BCUT2D eigenvalue weighted by Crippen LogP contribution is -2.53. The van der Waals surface area contributed by atoms with Crippen LogP contribution in [0.3, 0.4) is 0 Å². The third kappa shape index (κ3) is 4.65. The van der Waals surface area contributed by atoms with Gasteiger partial charge in [-0.25, -0.2) is 14.5 Å². The lowest BCUT2D eigenvalue weighted by molar-refractivity contribution is -0.169. The maximum absolute atomic E-state index is 11.6. The average molecular weight is 263 g/mol. The van der Waals surface area contributed by atoms with E-state index in [-0.39, 0.29) is 4.90 Å². The van der Waals surface area contributed by atoms with E-state index < -0.39 is 36.3 Å². The van der Waals surface area contributed by atoms with E-state index in [0.29, 0.717) is 0 Å². The zero-order chi connectivity index (χ0) is 14.5.